The molecular formula is C12H17FN2O2. The third-order valence-corrected chi connectivity index (χ3v) is 2.57. The van der Waals surface area contributed by atoms with Crippen LogP contribution < -0.4 is 10.6 Å². The summed E-state index contributed by atoms with van der Waals surface area (Å²) >= 11 is 0. The molecule has 1 aromatic carbocycles. The van der Waals surface area contributed by atoms with Gasteiger partial charge in [-0.3, -0.25) is 0 Å². The lowest BCUT2D eigenvalue weighted by Gasteiger charge is -2.29. The number of methoxy groups -OCH3 is 1. The minimum Gasteiger partial charge on any atom is -0.467 e. The number of carbonyl (C=O) groups is 1. The molecule has 1 rings (SSSR count). The van der Waals surface area contributed by atoms with Gasteiger partial charge in [0.25, 0.3) is 0 Å². The Morgan fingerprint density at radius 1 is 1.47 bits per heavy atom. The van der Waals surface area contributed by atoms with Crippen LogP contribution in [-0.2, 0) is 9.53 Å². The van der Waals surface area contributed by atoms with Gasteiger partial charge < -0.3 is 15.4 Å². The highest BCUT2D eigenvalue weighted by atomic mass is 19.1. The number of rotatable bonds is 5. The van der Waals surface area contributed by atoms with Crippen molar-refractivity contribution in [2.75, 3.05) is 25.1 Å². The van der Waals surface area contributed by atoms with Crippen molar-refractivity contribution in [2.24, 2.45) is 5.73 Å². The molecule has 0 aliphatic carbocycles. The van der Waals surface area contributed by atoms with E-state index in [0.717, 1.165) is 5.69 Å². The van der Waals surface area contributed by atoms with Crippen LogP contribution >= 0.6 is 0 Å². The Hall–Kier alpha value is -1.62. The van der Waals surface area contributed by atoms with Crippen LogP contribution in [0.1, 0.15) is 6.92 Å². The Morgan fingerprint density at radius 2 is 2.06 bits per heavy atom. The number of likely N-dealkylation sites (N-methyl/N-ethyl adjacent to an activating group) is 1. The molecule has 0 fully saturated rings. The fourth-order valence-electron chi connectivity index (χ4n) is 1.70. The second kappa shape index (κ2) is 6.20. The van der Waals surface area contributed by atoms with E-state index in [1.54, 1.807) is 17.0 Å². The molecule has 0 aliphatic heterocycles. The molecule has 2 N–H and O–H groups in total. The summed E-state index contributed by atoms with van der Waals surface area (Å²) in [6.45, 7) is 2.63. The highest BCUT2D eigenvalue weighted by molar-refractivity contribution is 5.80. The molecule has 0 aliphatic rings. The van der Waals surface area contributed by atoms with E-state index in [9.17, 15) is 9.18 Å². The van der Waals surface area contributed by atoms with Gasteiger partial charge in [0.05, 0.1) is 7.11 Å². The Morgan fingerprint density at radius 3 is 2.47 bits per heavy atom. The average molecular weight is 240 g/mol. The fraction of sp³-hybridized carbons (Fsp3) is 0.417. The summed E-state index contributed by atoms with van der Waals surface area (Å²) in [4.78, 5) is 13.3. The number of benzene rings is 1. The number of nitrogens with zero attached hydrogens (tertiary/aromatic N) is 1. The van der Waals surface area contributed by atoms with Crippen molar-refractivity contribution in [1.29, 1.82) is 0 Å². The Kier molecular flexibility index (Phi) is 4.90. The lowest BCUT2D eigenvalue weighted by atomic mass is 10.2. The van der Waals surface area contributed by atoms with Gasteiger partial charge in [-0.15, -0.1) is 0 Å². The van der Waals surface area contributed by atoms with E-state index in [1.165, 1.54) is 19.2 Å². The lowest BCUT2D eigenvalue weighted by molar-refractivity contribution is -0.142. The number of ether oxygens (including phenoxy) is 1. The Balaban J connectivity index is 2.96. The third-order valence-electron chi connectivity index (χ3n) is 2.57. The Labute approximate surface area is 100 Å². The van der Waals surface area contributed by atoms with Crippen molar-refractivity contribution < 1.29 is 13.9 Å². The summed E-state index contributed by atoms with van der Waals surface area (Å²) in [5.74, 6) is -0.703. The monoisotopic (exact) mass is 240 g/mol. The quantitative estimate of drug-likeness (QED) is 0.784. The van der Waals surface area contributed by atoms with Gasteiger partial charge in [-0.05, 0) is 31.2 Å². The zero-order valence-electron chi connectivity index (χ0n) is 10.0. The van der Waals surface area contributed by atoms with Crippen molar-refractivity contribution in [3.63, 3.8) is 0 Å². The number of nitrogens with two attached hydrogens (primary N) is 1. The second-order valence-corrected chi connectivity index (χ2v) is 3.54. The largest absolute Gasteiger partial charge is 0.467 e. The van der Waals surface area contributed by atoms with Crippen LogP contribution in [0.3, 0.4) is 0 Å². The van der Waals surface area contributed by atoms with Crippen LogP contribution in [0.15, 0.2) is 24.3 Å². The average Bonchev–Trinajstić information content (AvgIpc) is 2.36. The van der Waals surface area contributed by atoms with Gasteiger partial charge in [0, 0.05) is 18.8 Å². The van der Waals surface area contributed by atoms with Crippen LogP contribution in [0.2, 0.25) is 0 Å². The van der Waals surface area contributed by atoms with Crippen LogP contribution in [0, 0.1) is 5.82 Å². The van der Waals surface area contributed by atoms with Crippen molar-refractivity contribution in [3.8, 4) is 0 Å². The molecule has 1 unspecified atom stereocenters. The van der Waals surface area contributed by atoms with Gasteiger partial charge in [0.2, 0.25) is 0 Å². The second-order valence-electron chi connectivity index (χ2n) is 3.54. The lowest BCUT2D eigenvalue weighted by Crippen LogP contribution is -2.47. The first-order chi connectivity index (χ1) is 8.13. The molecule has 0 saturated heterocycles. The van der Waals surface area contributed by atoms with E-state index in [0.29, 0.717) is 6.54 Å². The van der Waals surface area contributed by atoms with Gasteiger partial charge in [0.1, 0.15) is 11.9 Å². The van der Waals surface area contributed by atoms with Crippen molar-refractivity contribution in [3.05, 3.63) is 30.1 Å². The highest BCUT2D eigenvalue weighted by Gasteiger charge is 2.24. The predicted octanol–water partition coefficient (Wildman–Crippen LogP) is 1.15. The number of hydrogen-bond donors (Lipinski definition) is 1. The summed E-state index contributed by atoms with van der Waals surface area (Å²) in [6, 6.07) is 5.39. The Bertz CT molecular complexity index is 367. The van der Waals surface area contributed by atoms with Gasteiger partial charge in [-0.25, -0.2) is 9.18 Å². The summed E-state index contributed by atoms with van der Waals surface area (Å²) < 4.78 is 17.5. The number of esters is 1. The summed E-state index contributed by atoms with van der Waals surface area (Å²) in [5.41, 5.74) is 6.32. The van der Waals surface area contributed by atoms with Gasteiger partial charge in [-0.2, -0.15) is 0 Å². The summed E-state index contributed by atoms with van der Waals surface area (Å²) in [6.07, 6.45) is 0. The molecule has 4 nitrogen and oxygen atoms in total. The number of hydrogen-bond acceptors (Lipinski definition) is 4. The van der Waals surface area contributed by atoms with E-state index >= 15 is 0 Å². The fourth-order valence-corrected chi connectivity index (χ4v) is 1.70. The first-order valence-electron chi connectivity index (χ1n) is 5.44. The summed E-state index contributed by atoms with van der Waals surface area (Å²) in [5, 5.41) is 0. The molecule has 0 heterocycles. The smallest absolute Gasteiger partial charge is 0.329 e. The molecule has 94 valence electrons. The molecule has 5 heteroatoms. The molecule has 0 aromatic heterocycles. The predicted molar refractivity (Wildman–Crippen MR) is 64.3 cm³/mol. The minimum atomic E-state index is -0.546. The van der Waals surface area contributed by atoms with E-state index < -0.39 is 12.0 Å². The molecule has 0 spiro atoms. The van der Waals surface area contributed by atoms with Gasteiger partial charge in [0.15, 0.2) is 0 Å². The molecule has 0 amide bonds. The van der Waals surface area contributed by atoms with Crippen LogP contribution in [0.4, 0.5) is 10.1 Å². The van der Waals surface area contributed by atoms with E-state index in [4.69, 9.17) is 10.5 Å². The number of halogens is 1. The topological polar surface area (TPSA) is 55.6 Å². The normalized spacial score (nSPS) is 12.0. The summed E-state index contributed by atoms with van der Waals surface area (Å²) in [7, 11) is 1.32. The number of anilines is 1. The maximum absolute atomic E-state index is 12.8. The van der Waals surface area contributed by atoms with Crippen LogP contribution in [-0.4, -0.2) is 32.2 Å². The standard InChI is InChI=1S/C12H17FN2O2/c1-3-15(11(8-14)12(16)17-2)10-6-4-9(13)5-7-10/h4-7,11H,3,8,14H2,1-2H3. The SMILES string of the molecule is CCN(c1ccc(F)cc1)C(CN)C(=O)OC. The third kappa shape index (κ3) is 3.17. The first kappa shape index (κ1) is 13.4. The molecule has 0 radical (unpaired) electrons. The zero-order chi connectivity index (χ0) is 12.8. The molecule has 0 saturated carbocycles. The van der Waals surface area contributed by atoms with Crippen LogP contribution in [0.5, 0.6) is 0 Å². The van der Waals surface area contributed by atoms with Gasteiger partial charge >= 0.3 is 5.97 Å². The van der Waals surface area contributed by atoms with Crippen molar-refractivity contribution >= 4 is 11.7 Å². The molecular weight excluding hydrogens is 223 g/mol. The minimum absolute atomic E-state index is 0.151. The highest BCUT2D eigenvalue weighted by Crippen LogP contribution is 2.17. The van der Waals surface area contributed by atoms with Crippen LogP contribution in [0.25, 0.3) is 0 Å². The van der Waals surface area contributed by atoms with Crippen molar-refractivity contribution in [2.45, 2.75) is 13.0 Å². The maximum Gasteiger partial charge on any atom is 0.329 e. The van der Waals surface area contributed by atoms with E-state index in [1.807, 2.05) is 6.92 Å². The van der Waals surface area contributed by atoms with Crippen molar-refractivity contribution in [1.82, 2.24) is 0 Å². The first-order valence-corrected chi connectivity index (χ1v) is 5.44. The molecule has 0 bridgehead atoms. The molecule has 1 aromatic rings. The zero-order valence-corrected chi connectivity index (χ0v) is 10.0. The van der Waals surface area contributed by atoms with Gasteiger partial charge in [-0.1, -0.05) is 0 Å². The molecule has 17 heavy (non-hydrogen) atoms. The molecule has 1 atom stereocenters. The maximum atomic E-state index is 12.8. The van der Waals surface area contributed by atoms with E-state index in [2.05, 4.69) is 0 Å². The van der Waals surface area contributed by atoms with E-state index in [-0.39, 0.29) is 12.4 Å². The number of carbonyl (C=O) groups excluding carboxylic acids is 1.